The Hall–Kier alpha value is -3.64. The Labute approximate surface area is 178 Å². The van der Waals surface area contributed by atoms with Gasteiger partial charge in [-0.25, -0.2) is 4.39 Å². The Bertz CT molecular complexity index is 1230. The number of carboxylic acid groups (broad SMARTS) is 1. The van der Waals surface area contributed by atoms with Crippen LogP contribution in [0.2, 0.25) is 0 Å². The number of furan rings is 1. The number of para-hydroxylation sites is 1. The highest BCUT2D eigenvalue weighted by Gasteiger charge is 2.16. The molecule has 0 saturated heterocycles. The van der Waals surface area contributed by atoms with Gasteiger partial charge in [0.2, 0.25) is 0 Å². The van der Waals surface area contributed by atoms with Crippen molar-refractivity contribution in [1.29, 1.82) is 0 Å². The minimum absolute atomic E-state index is 0.124. The fourth-order valence-electron chi connectivity index (χ4n) is 3.68. The highest BCUT2D eigenvalue weighted by molar-refractivity contribution is 5.93. The fourth-order valence-corrected chi connectivity index (χ4v) is 3.68. The zero-order valence-corrected chi connectivity index (χ0v) is 16.8. The minimum atomic E-state index is -0.925. The average Bonchev–Trinajstić information content (AvgIpc) is 3.23. The van der Waals surface area contributed by atoms with Crippen molar-refractivity contribution in [1.82, 2.24) is 0 Å². The van der Waals surface area contributed by atoms with Gasteiger partial charge in [-0.05, 0) is 48.4 Å². The lowest BCUT2D eigenvalue weighted by Crippen LogP contribution is -2.05. The second kappa shape index (κ2) is 9.02. The summed E-state index contributed by atoms with van der Waals surface area (Å²) in [6, 6.07) is 17.9. The Morgan fingerprint density at radius 2 is 1.84 bits per heavy atom. The normalized spacial score (nSPS) is 11.0. The van der Waals surface area contributed by atoms with Crippen LogP contribution in [0.5, 0.6) is 5.75 Å². The zero-order chi connectivity index (χ0) is 21.8. The van der Waals surface area contributed by atoms with E-state index in [9.17, 15) is 4.79 Å². The van der Waals surface area contributed by atoms with E-state index >= 15 is 4.39 Å². The molecule has 0 aliphatic rings. The fraction of sp³-hybridized carbons (Fsp3) is 0.160. The number of carboxylic acids is 1. The number of hydrogen-bond acceptors (Lipinski definition) is 4. The van der Waals surface area contributed by atoms with Crippen molar-refractivity contribution >= 4 is 16.9 Å². The molecule has 0 radical (unpaired) electrons. The summed E-state index contributed by atoms with van der Waals surface area (Å²) in [5.74, 6) is -0.726. The highest BCUT2D eigenvalue weighted by atomic mass is 19.1. The van der Waals surface area contributed by atoms with E-state index in [1.165, 1.54) is 0 Å². The van der Waals surface area contributed by atoms with Crippen LogP contribution in [0.3, 0.4) is 0 Å². The van der Waals surface area contributed by atoms with E-state index < -0.39 is 5.97 Å². The molecule has 4 rings (SSSR count). The summed E-state index contributed by atoms with van der Waals surface area (Å²) in [5.41, 5.74) is 9.26. The molecule has 31 heavy (non-hydrogen) atoms. The maximum atomic E-state index is 15.2. The van der Waals surface area contributed by atoms with Crippen LogP contribution in [0.25, 0.3) is 22.1 Å². The molecule has 6 heteroatoms. The molecule has 0 atom stereocenters. The Kier molecular flexibility index (Phi) is 6.00. The first kappa shape index (κ1) is 20.6. The summed E-state index contributed by atoms with van der Waals surface area (Å²) in [7, 11) is 0. The maximum absolute atomic E-state index is 15.2. The van der Waals surface area contributed by atoms with E-state index in [0.29, 0.717) is 46.6 Å². The Morgan fingerprint density at radius 3 is 2.65 bits per heavy atom. The zero-order valence-electron chi connectivity index (χ0n) is 16.8. The van der Waals surface area contributed by atoms with Gasteiger partial charge in [0.15, 0.2) is 0 Å². The first-order chi connectivity index (χ1) is 15.1. The van der Waals surface area contributed by atoms with Gasteiger partial charge in [-0.1, -0.05) is 36.4 Å². The average molecular weight is 419 g/mol. The predicted octanol–water partition coefficient (Wildman–Crippen LogP) is 4.95. The molecule has 3 N–H and O–H groups in total. The van der Waals surface area contributed by atoms with Gasteiger partial charge in [-0.3, -0.25) is 4.79 Å². The van der Waals surface area contributed by atoms with E-state index in [-0.39, 0.29) is 18.8 Å². The quantitative estimate of drug-likeness (QED) is 0.422. The van der Waals surface area contributed by atoms with Crippen molar-refractivity contribution in [3.63, 3.8) is 0 Å². The van der Waals surface area contributed by atoms with Crippen LogP contribution in [0, 0.1) is 5.82 Å². The van der Waals surface area contributed by atoms with Crippen LogP contribution in [0.15, 0.2) is 71.3 Å². The van der Waals surface area contributed by atoms with Crippen LogP contribution < -0.4 is 10.5 Å². The van der Waals surface area contributed by atoms with Crippen molar-refractivity contribution in [2.75, 3.05) is 6.54 Å². The number of fused-ring (bicyclic) bond motifs is 1. The number of carbonyl (C=O) groups is 1. The van der Waals surface area contributed by atoms with Gasteiger partial charge < -0.3 is 20.0 Å². The van der Waals surface area contributed by atoms with E-state index in [0.717, 1.165) is 10.9 Å². The molecule has 0 amide bonds. The van der Waals surface area contributed by atoms with E-state index in [1.54, 1.807) is 42.7 Å². The number of hydrogen-bond donors (Lipinski definition) is 2. The molecule has 0 aliphatic carbocycles. The number of aliphatic carboxylic acids is 1. The van der Waals surface area contributed by atoms with Crippen LogP contribution in [0.4, 0.5) is 4.39 Å². The van der Waals surface area contributed by atoms with Gasteiger partial charge in [0, 0.05) is 22.1 Å². The third kappa shape index (κ3) is 4.44. The van der Waals surface area contributed by atoms with Gasteiger partial charge in [-0.2, -0.15) is 0 Å². The molecule has 1 heterocycles. The Morgan fingerprint density at radius 1 is 1.03 bits per heavy atom. The van der Waals surface area contributed by atoms with Crippen LogP contribution in [-0.4, -0.2) is 17.6 Å². The molecule has 0 spiro atoms. The summed E-state index contributed by atoms with van der Waals surface area (Å²) in [6.45, 7) is 0.565. The summed E-state index contributed by atoms with van der Waals surface area (Å²) >= 11 is 0. The summed E-state index contributed by atoms with van der Waals surface area (Å²) < 4.78 is 26.7. The predicted molar refractivity (Wildman–Crippen MR) is 116 cm³/mol. The third-order valence-corrected chi connectivity index (χ3v) is 5.10. The number of ether oxygens (including phenoxy) is 1. The largest absolute Gasteiger partial charge is 0.489 e. The smallest absolute Gasteiger partial charge is 0.307 e. The Balaban J connectivity index is 1.69. The maximum Gasteiger partial charge on any atom is 0.307 e. The molecule has 0 fully saturated rings. The molecule has 3 aromatic carbocycles. The lowest BCUT2D eigenvalue weighted by Gasteiger charge is -2.13. The molecule has 0 saturated carbocycles. The molecular weight excluding hydrogens is 397 g/mol. The van der Waals surface area contributed by atoms with E-state index in [2.05, 4.69) is 0 Å². The third-order valence-electron chi connectivity index (χ3n) is 5.10. The molecule has 158 valence electrons. The van der Waals surface area contributed by atoms with Crippen LogP contribution >= 0.6 is 0 Å². The molecule has 4 aromatic rings. The van der Waals surface area contributed by atoms with Crippen molar-refractivity contribution in [2.24, 2.45) is 5.73 Å². The van der Waals surface area contributed by atoms with E-state index in [4.69, 9.17) is 20.0 Å². The van der Waals surface area contributed by atoms with Crippen molar-refractivity contribution < 1.29 is 23.4 Å². The van der Waals surface area contributed by atoms with Gasteiger partial charge in [0.05, 0.1) is 12.7 Å². The first-order valence-electron chi connectivity index (χ1n) is 9.97. The van der Waals surface area contributed by atoms with Crippen LogP contribution in [0.1, 0.15) is 16.7 Å². The molecule has 0 unspecified atom stereocenters. The van der Waals surface area contributed by atoms with Crippen molar-refractivity contribution in [2.45, 2.75) is 19.4 Å². The van der Waals surface area contributed by atoms with Gasteiger partial charge in [0.25, 0.3) is 0 Å². The molecule has 0 aliphatic heterocycles. The number of halogens is 1. The number of benzene rings is 3. The second-order valence-electron chi connectivity index (χ2n) is 7.27. The molecule has 1 aromatic heterocycles. The first-order valence-corrected chi connectivity index (χ1v) is 9.97. The van der Waals surface area contributed by atoms with Crippen LogP contribution in [-0.2, 0) is 24.2 Å². The van der Waals surface area contributed by atoms with Crippen molar-refractivity contribution in [3.8, 4) is 16.9 Å². The van der Waals surface area contributed by atoms with Gasteiger partial charge in [-0.15, -0.1) is 0 Å². The monoisotopic (exact) mass is 419 g/mol. The number of rotatable bonds is 8. The standard InChI is InChI=1S/C25H22FNO4/c26-24-17(8-10-27)5-3-6-20(24)21-13-16(12-19-9-11-30-25(19)21)15-31-22-7-2-1-4-18(22)14-23(28)29/h1-7,9,11-13H,8,10,14-15,27H2,(H,28,29). The second-order valence-corrected chi connectivity index (χ2v) is 7.27. The van der Waals surface area contributed by atoms with Crippen molar-refractivity contribution in [3.05, 3.63) is 89.4 Å². The highest BCUT2D eigenvalue weighted by Crippen LogP contribution is 2.34. The lowest BCUT2D eigenvalue weighted by molar-refractivity contribution is -0.136. The molecule has 5 nitrogen and oxygen atoms in total. The van der Waals surface area contributed by atoms with E-state index in [1.807, 2.05) is 24.3 Å². The topological polar surface area (TPSA) is 85.7 Å². The molecule has 0 bridgehead atoms. The summed E-state index contributed by atoms with van der Waals surface area (Å²) in [5, 5.41) is 9.94. The lowest BCUT2D eigenvalue weighted by atomic mass is 9.97. The molecular formula is C25H22FNO4. The number of nitrogens with two attached hydrogens (primary N) is 1. The van der Waals surface area contributed by atoms with Gasteiger partial charge >= 0.3 is 5.97 Å². The SMILES string of the molecule is NCCc1cccc(-c2cc(COc3ccccc3CC(=O)O)cc3ccoc23)c1F. The minimum Gasteiger partial charge on any atom is -0.489 e. The van der Waals surface area contributed by atoms with Gasteiger partial charge in [0.1, 0.15) is 23.8 Å². The summed E-state index contributed by atoms with van der Waals surface area (Å²) in [6.07, 6.45) is 1.90. The summed E-state index contributed by atoms with van der Waals surface area (Å²) in [4.78, 5) is 11.1.